The molecule has 0 saturated carbocycles. The lowest BCUT2D eigenvalue weighted by atomic mass is 10.0. The van der Waals surface area contributed by atoms with Gasteiger partial charge in [0.25, 0.3) is 21.8 Å². The van der Waals surface area contributed by atoms with Crippen molar-refractivity contribution in [1.82, 2.24) is 9.62 Å². The van der Waals surface area contributed by atoms with Crippen molar-refractivity contribution in [3.63, 3.8) is 0 Å². The molecule has 194 valence electrons. The Hall–Kier alpha value is -3.80. The van der Waals surface area contributed by atoms with Gasteiger partial charge >= 0.3 is 0 Å². The fourth-order valence-electron chi connectivity index (χ4n) is 3.78. The predicted octanol–water partition coefficient (Wildman–Crippen LogP) is 2.45. The van der Waals surface area contributed by atoms with E-state index in [1.54, 1.807) is 13.0 Å². The van der Waals surface area contributed by atoms with Crippen LogP contribution in [0.4, 0.5) is 5.69 Å². The summed E-state index contributed by atoms with van der Waals surface area (Å²) in [6.45, 7) is 9.14. The zero-order chi connectivity index (χ0) is 27.1. The molecule has 2 amide bonds. The van der Waals surface area contributed by atoms with Crippen LogP contribution in [0.3, 0.4) is 0 Å². The minimum atomic E-state index is -4.35. The Morgan fingerprint density at radius 1 is 1.17 bits per heavy atom. The zero-order valence-corrected chi connectivity index (χ0v) is 22.1. The van der Waals surface area contributed by atoms with E-state index >= 15 is 0 Å². The molecule has 2 heterocycles. The van der Waals surface area contributed by atoms with Gasteiger partial charge < -0.3 is 25.5 Å². The average molecular weight is 518 g/mol. The first-order chi connectivity index (χ1) is 16.7. The highest BCUT2D eigenvalue weighted by molar-refractivity contribution is 7.95. The number of amidine groups is 1. The number of nitrogens with one attached hydrogen (secondary N) is 2. The number of amides is 2. The number of phenolic OH excluding ortho intramolecular Hbond substituents is 1. The number of rotatable bonds is 7. The van der Waals surface area contributed by atoms with Crippen LogP contribution in [0.2, 0.25) is 0 Å². The van der Waals surface area contributed by atoms with E-state index in [1.807, 2.05) is 33.8 Å². The highest BCUT2D eigenvalue weighted by Crippen LogP contribution is 2.35. The molecule has 36 heavy (non-hydrogen) atoms. The maximum Gasteiger partial charge on any atom is 0.270 e. The number of aliphatic imine (C=N–C) groups is 1. The number of carbonyl (C=O) groups excluding carboxylic acids is 2. The molecular formula is C24H31N5O6S. The van der Waals surface area contributed by atoms with Gasteiger partial charge in [0.1, 0.15) is 23.3 Å². The third kappa shape index (κ3) is 4.94. The Morgan fingerprint density at radius 3 is 2.31 bits per heavy atom. The van der Waals surface area contributed by atoms with Gasteiger partial charge in [-0.15, -0.1) is 0 Å². The molecule has 1 atom stereocenters. The van der Waals surface area contributed by atoms with E-state index in [4.69, 9.17) is 10.2 Å². The molecule has 1 aliphatic rings. The molecule has 2 aromatic rings. The smallest absolute Gasteiger partial charge is 0.270 e. The second kappa shape index (κ2) is 9.69. The highest BCUT2D eigenvalue weighted by atomic mass is 32.2. The normalized spacial score (nSPS) is 16.8. The molecule has 1 aliphatic heterocycles. The van der Waals surface area contributed by atoms with E-state index in [9.17, 15) is 23.1 Å². The second-order valence-corrected chi connectivity index (χ2v) is 10.8. The van der Waals surface area contributed by atoms with Crippen LogP contribution in [-0.4, -0.2) is 50.2 Å². The fourth-order valence-corrected chi connectivity index (χ4v) is 4.98. The molecule has 0 bridgehead atoms. The summed E-state index contributed by atoms with van der Waals surface area (Å²) < 4.78 is 33.8. The van der Waals surface area contributed by atoms with Crippen molar-refractivity contribution in [3.05, 3.63) is 57.0 Å². The van der Waals surface area contributed by atoms with Gasteiger partial charge in [0.05, 0.1) is 11.3 Å². The SMILES string of the molecule is Cc1cc(C(N=C2NS(=O)(=O)C(C(N)=O)=C2Nc2ccc(C)c(C(=O)N(C)C)c2O)C(C)C)oc1C. The van der Waals surface area contributed by atoms with E-state index in [2.05, 4.69) is 15.0 Å². The summed E-state index contributed by atoms with van der Waals surface area (Å²) in [4.78, 5) is 30.0. The number of hydrogen-bond donors (Lipinski definition) is 4. The molecule has 5 N–H and O–H groups in total. The minimum absolute atomic E-state index is 0.00284. The number of nitrogens with zero attached hydrogens (tertiary/aromatic N) is 2. The molecule has 0 aliphatic carbocycles. The summed E-state index contributed by atoms with van der Waals surface area (Å²) in [5.74, 6) is -1.12. The Balaban J connectivity index is 2.20. The van der Waals surface area contributed by atoms with Crippen molar-refractivity contribution >= 4 is 33.4 Å². The first-order valence-electron chi connectivity index (χ1n) is 11.2. The van der Waals surface area contributed by atoms with E-state index in [0.29, 0.717) is 17.1 Å². The molecule has 0 spiro atoms. The molecule has 12 heteroatoms. The van der Waals surface area contributed by atoms with Crippen molar-refractivity contribution in [2.75, 3.05) is 19.4 Å². The summed E-state index contributed by atoms with van der Waals surface area (Å²) >= 11 is 0. The molecule has 0 radical (unpaired) electrons. The Bertz CT molecular complexity index is 1380. The number of benzene rings is 1. The molecule has 11 nitrogen and oxygen atoms in total. The Morgan fingerprint density at radius 2 is 1.81 bits per heavy atom. The minimum Gasteiger partial charge on any atom is -0.505 e. The topological polar surface area (TPSA) is 167 Å². The van der Waals surface area contributed by atoms with Crippen LogP contribution < -0.4 is 15.8 Å². The van der Waals surface area contributed by atoms with Gasteiger partial charge in [0, 0.05) is 14.1 Å². The fraction of sp³-hybridized carbons (Fsp3) is 0.375. The summed E-state index contributed by atoms with van der Waals surface area (Å²) in [5.41, 5.74) is 6.64. The summed E-state index contributed by atoms with van der Waals surface area (Å²) in [7, 11) is -1.27. The monoisotopic (exact) mass is 517 g/mol. The first-order valence-corrected chi connectivity index (χ1v) is 12.7. The van der Waals surface area contributed by atoms with Crippen molar-refractivity contribution in [3.8, 4) is 5.75 Å². The number of primary amides is 1. The molecule has 0 saturated heterocycles. The van der Waals surface area contributed by atoms with Gasteiger partial charge in [-0.2, -0.15) is 0 Å². The van der Waals surface area contributed by atoms with Gasteiger partial charge in [-0.1, -0.05) is 19.9 Å². The van der Waals surface area contributed by atoms with E-state index < -0.39 is 38.5 Å². The van der Waals surface area contributed by atoms with Crippen molar-refractivity contribution < 1.29 is 27.5 Å². The van der Waals surface area contributed by atoms with Crippen LogP contribution in [0, 0.1) is 26.7 Å². The molecular weight excluding hydrogens is 486 g/mol. The lowest BCUT2D eigenvalue weighted by Gasteiger charge is -2.19. The molecule has 1 aromatic heterocycles. The van der Waals surface area contributed by atoms with E-state index in [-0.39, 0.29) is 28.7 Å². The number of sulfonamides is 1. The lowest BCUT2D eigenvalue weighted by Crippen LogP contribution is -2.28. The molecule has 1 unspecified atom stereocenters. The number of phenols is 1. The number of hydrogen-bond acceptors (Lipinski definition) is 8. The van der Waals surface area contributed by atoms with Crippen LogP contribution in [0.5, 0.6) is 5.75 Å². The van der Waals surface area contributed by atoms with Crippen LogP contribution >= 0.6 is 0 Å². The number of carbonyl (C=O) groups is 2. The average Bonchev–Trinajstić information content (AvgIpc) is 3.22. The first kappa shape index (κ1) is 26.8. The van der Waals surface area contributed by atoms with Gasteiger partial charge in [0.15, 0.2) is 16.5 Å². The maximum atomic E-state index is 12.8. The number of anilines is 1. The Labute approximate surface area is 210 Å². The van der Waals surface area contributed by atoms with Crippen molar-refractivity contribution in [2.24, 2.45) is 16.6 Å². The van der Waals surface area contributed by atoms with Gasteiger partial charge in [-0.25, -0.2) is 8.42 Å². The van der Waals surface area contributed by atoms with Gasteiger partial charge in [-0.3, -0.25) is 19.3 Å². The third-order valence-electron chi connectivity index (χ3n) is 5.83. The lowest BCUT2D eigenvalue weighted by molar-refractivity contribution is -0.113. The highest BCUT2D eigenvalue weighted by Gasteiger charge is 2.39. The van der Waals surface area contributed by atoms with Crippen LogP contribution in [-0.2, 0) is 14.8 Å². The molecule has 0 fully saturated rings. The van der Waals surface area contributed by atoms with Crippen LogP contribution in [0.25, 0.3) is 0 Å². The quantitative estimate of drug-likeness (QED) is 0.409. The number of nitrogens with two attached hydrogens (primary N) is 1. The maximum absolute atomic E-state index is 12.8. The summed E-state index contributed by atoms with van der Waals surface area (Å²) in [6.07, 6.45) is 0. The van der Waals surface area contributed by atoms with Crippen LogP contribution in [0.1, 0.15) is 52.9 Å². The number of furan rings is 1. The third-order valence-corrected chi connectivity index (χ3v) is 7.23. The van der Waals surface area contributed by atoms with E-state index in [1.165, 1.54) is 25.1 Å². The summed E-state index contributed by atoms with van der Waals surface area (Å²) in [5, 5.41) is 13.7. The van der Waals surface area contributed by atoms with Gasteiger partial charge in [0.2, 0.25) is 0 Å². The number of aromatic hydroxyl groups is 1. The largest absolute Gasteiger partial charge is 0.505 e. The van der Waals surface area contributed by atoms with E-state index in [0.717, 1.165) is 5.56 Å². The summed E-state index contributed by atoms with van der Waals surface area (Å²) in [6, 6.07) is 4.27. The van der Waals surface area contributed by atoms with Crippen molar-refractivity contribution in [1.29, 1.82) is 0 Å². The number of aryl methyl sites for hydroxylation is 3. The zero-order valence-electron chi connectivity index (χ0n) is 21.3. The molecule has 1 aromatic carbocycles. The second-order valence-electron chi connectivity index (χ2n) is 9.21. The van der Waals surface area contributed by atoms with Crippen LogP contribution in [0.15, 0.2) is 38.2 Å². The Kier molecular flexibility index (Phi) is 7.21. The predicted molar refractivity (Wildman–Crippen MR) is 136 cm³/mol. The van der Waals surface area contributed by atoms with Crippen molar-refractivity contribution in [2.45, 2.75) is 40.7 Å². The molecule has 3 rings (SSSR count). The standard InChI is InChI=1S/C24H31N5O6S/c1-11(2)18(16-10-13(4)14(5)35-16)27-23-19(21(22(25)31)36(33,34)28-23)26-15-9-8-12(3)17(20(15)30)24(32)29(6)7/h8-11,18,26,30H,1-7H3,(H2,25,31)(H,27,28). The van der Waals surface area contributed by atoms with Gasteiger partial charge in [-0.05, 0) is 49.9 Å².